The summed E-state index contributed by atoms with van der Waals surface area (Å²) in [4.78, 5) is 0. The molecule has 0 fully saturated rings. The van der Waals surface area contributed by atoms with Crippen LogP contribution in [-0.2, 0) is 6.42 Å². The zero-order valence-electron chi connectivity index (χ0n) is 11.9. The summed E-state index contributed by atoms with van der Waals surface area (Å²) in [5.41, 5.74) is 11.7. The fourth-order valence-corrected chi connectivity index (χ4v) is 3.18. The molecule has 0 aliphatic heterocycles. The van der Waals surface area contributed by atoms with Crippen molar-refractivity contribution in [1.29, 1.82) is 0 Å². The molecular formula is C15H20BrN3. The number of aryl methyl sites for hydroxylation is 1. The van der Waals surface area contributed by atoms with Crippen LogP contribution in [-0.4, -0.2) is 9.78 Å². The van der Waals surface area contributed by atoms with Gasteiger partial charge in [0.2, 0.25) is 0 Å². The molecule has 0 saturated carbocycles. The molecule has 0 aliphatic carbocycles. The van der Waals surface area contributed by atoms with Gasteiger partial charge >= 0.3 is 0 Å². The zero-order valence-corrected chi connectivity index (χ0v) is 13.5. The molecule has 2 aromatic rings. The van der Waals surface area contributed by atoms with Gasteiger partial charge in [-0.1, -0.05) is 28.9 Å². The molecule has 2 N–H and O–H groups in total. The number of nitrogens with zero attached hydrogens (tertiary/aromatic N) is 2. The number of aromatic nitrogens is 2. The van der Waals surface area contributed by atoms with Crippen molar-refractivity contribution < 1.29 is 0 Å². The van der Waals surface area contributed by atoms with Crippen LogP contribution in [0.15, 0.2) is 22.7 Å². The van der Waals surface area contributed by atoms with Gasteiger partial charge in [-0.15, -0.1) is 0 Å². The van der Waals surface area contributed by atoms with Gasteiger partial charge in [0, 0.05) is 16.2 Å². The molecule has 0 spiro atoms. The van der Waals surface area contributed by atoms with E-state index in [4.69, 9.17) is 5.73 Å². The predicted molar refractivity (Wildman–Crippen MR) is 82.7 cm³/mol. The standard InChI is InChI=1S/C15H20BrN3/c1-5-13-10(3)18-19(11(13)4)12-6-7-14(9(2)17)15(16)8-12/h6-9H,5,17H2,1-4H3/t9-/m0/s1. The second kappa shape index (κ2) is 5.47. The Kier molecular flexibility index (Phi) is 4.11. The molecular weight excluding hydrogens is 302 g/mol. The minimum atomic E-state index is 0.0232. The average Bonchev–Trinajstić information content (AvgIpc) is 2.63. The Bertz CT molecular complexity index is 600. The first-order chi connectivity index (χ1) is 8.95. The van der Waals surface area contributed by atoms with Crippen LogP contribution in [0.4, 0.5) is 0 Å². The zero-order chi connectivity index (χ0) is 14.2. The quantitative estimate of drug-likeness (QED) is 0.933. The third kappa shape index (κ3) is 2.60. The van der Waals surface area contributed by atoms with Crippen molar-refractivity contribution in [1.82, 2.24) is 9.78 Å². The Morgan fingerprint density at radius 2 is 2.05 bits per heavy atom. The lowest BCUT2D eigenvalue weighted by Crippen LogP contribution is -2.07. The van der Waals surface area contributed by atoms with E-state index in [-0.39, 0.29) is 6.04 Å². The Morgan fingerprint density at radius 3 is 2.53 bits per heavy atom. The summed E-state index contributed by atoms with van der Waals surface area (Å²) < 4.78 is 3.04. The van der Waals surface area contributed by atoms with Crippen molar-refractivity contribution >= 4 is 15.9 Å². The van der Waals surface area contributed by atoms with Crippen LogP contribution in [0.5, 0.6) is 0 Å². The average molecular weight is 322 g/mol. The number of benzene rings is 1. The van der Waals surface area contributed by atoms with Crippen LogP contribution < -0.4 is 5.73 Å². The molecule has 3 nitrogen and oxygen atoms in total. The lowest BCUT2D eigenvalue weighted by Gasteiger charge is -2.11. The summed E-state index contributed by atoms with van der Waals surface area (Å²) in [6, 6.07) is 6.24. The van der Waals surface area contributed by atoms with E-state index in [1.165, 1.54) is 11.3 Å². The normalized spacial score (nSPS) is 12.7. The van der Waals surface area contributed by atoms with E-state index in [0.29, 0.717) is 0 Å². The Morgan fingerprint density at radius 1 is 1.37 bits per heavy atom. The summed E-state index contributed by atoms with van der Waals surface area (Å²) in [5.74, 6) is 0. The molecule has 0 aliphatic rings. The van der Waals surface area contributed by atoms with E-state index in [0.717, 1.165) is 27.8 Å². The second-order valence-electron chi connectivity index (χ2n) is 4.91. The number of rotatable bonds is 3. The van der Waals surface area contributed by atoms with Gasteiger partial charge in [-0.25, -0.2) is 4.68 Å². The van der Waals surface area contributed by atoms with Gasteiger partial charge in [-0.3, -0.25) is 0 Å². The molecule has 2 rings (SSSR count). The van der Waals surface area contributed by atoms with Gasteiger partial charge in [-0.05, 0) is 50.5 Å². The Labute approximate surface area is 122 Å². The molecule has 19 heavy (non-hydrogen) atoms. The van der Waals surface area contributed by atoms with Crippen molar-refractivity contribution in [2.24, 2.45) is 5.73 Å². The summed E-state index contributed by atoms with van der Waals surface area (Å²) in [6.07, 6.45) is 1.01. The molecule has 102 valence electrons. The van der Waals surface area contributed by atoms with Crippen LogP contribution in [0.1, 0.15) is 42.4 Å². The van der Waals surface area contributed by atoms with Crippen LogP contribution in [0.25, 0.3) is 5.69 Å². The highest BCUT2D eigenvalue weighted by molar-refractivity contribution is 9.10. The first-order valence-corrected chi connectivity index (χ1v) is 7.35. The van der Waals surface area contributed by atoms with E-state index in [1.807, 2.05) is 11.6 Å². The van der Waals surface area contributed by atoms with E-state index >= 15 is 0 Å². The van der Waals surface area contributed by atoms with Gasteiger partial charge < -0.3 is 5.73 Å². The molecule has 0 amide bonds. The smallest absolute Gasteiger partial charge is 0.0660 e. The minimum absolute atomic E-state index is 0.0232. The van der Waals surface area contributed by atoms with Crippen LogP contribution in [0.3, 0.4) is 0 Å². The third-order valence-corrected chi connectivity index (χ3v) is 4.20. The number of halogens is 1. The molecule has 1 aromatic carbocycles. The fourth-order valence-electron chi connectivity index (χ4n) is 2.46. The number of hydrogen-bond acceptors (Lipinski definition) is 2. The maximum atomic E-state index is 5.93. The van der Waals surface area contributed by atoms with E-state index in [2.05, 4.69) is 60.0 Å². The van der Waals surface area contributed by atoms with E-state index in [9.17, 15) is 0 Å². The van der Waals surface area contributed by atoms with Crippen molar-refractivity contribution in [3.63, 3.8) is 0 Å². The maximum absolute atomic E-state index is 5.93. The molecule has 0 bridgehead atoms. The molecule has 4 heteroatoms. The van der Waals surface area contributed by atoms with E-state index < -0.39 is 0 Å². The topological polar surface area (TPSA) is 43.8 Å². The summed E-state index contributed by atoms with van der Waals surface area (Å²) in [7, 11) is 0. The van der Waals surface area contributed by atoms with Crippen LogP contribution >= 0.6 is 15.9 Å². The fraction of sp³-hybridized carbons (Fsp3) is 0.400. The number of hydrogen-bond donors (Lipinski definition) is 1. The van der Waals surface area contributed by atoms with Crippen molar-refractivity contribution in [2.45, 2.75) is 40.2 Å². The molecule has 1 aromatic heterocycles. The second-order valence-corrected chi connectivity index (χ2v) is 5.76. The van der Waals surface area contributed by atoms with Gasteiger partial charge in [0.15, 0.2) is 0 Å². The summed E-state index contributed by atoms with van der Waals surface area (Å²) in [6.45, 7) is 8.33. The van der Waals surface area contributed by atoms with Crippen molar-refractivity contribution in [2.75, 3.05) is 0 Å². The van der Waals surface area contributed by atoms with Crippen LogP contribution in [0.2, 0.25) is 0 Å². The van der Waals surface area contributed by atoms with E-state index in [1.54, 1.807) is 0 Å². The highest BCUT2D eigenvalue weighted by Gasteiger charge is 2.12. The van der Waals surface area contributed by atoms with Crippen LogP contribution in [0, 0.1) is 13.8 Å². The van der Waals surface area contributed by atoms with Gasteiger partial charge in [0.1, 0.15) is 0 Å². The summed E-state index contributed by atoms with van der Waals surface area (Å²) in [5, 5.41) is 4.63. The predicted octanol–water partition coefficient (Wildman–Crippen LogP) is 3.83. The van der Waals surface area contributed by atoms with Crippen molar-refractivity contribution in [3.05, 3.63) is 45.2 Å². The highest BCUT2D eigenvalue weighted by atomic mass is 79.9. The monoisotopic (exact) mass is 321 g/mol. The van der Waals surface area contributed by atoms with Gasteiger partial charge in [-0.2, -0.15) is 5.10 Å². The lowest BCUT2D eigenvalue weighted by atomic mass is 10.1. The summed E-state index contributed by atoms with van der Waals surface area (Å²) >= 11 is 3.59. The number of nitrogens with two attached hydrogens (primary N) is 1. The van der Waals surface area contributed by atoms with Gasteiger partial charge in [0.25, 0.3) is 0 Å². The highest BCUT2D eigenvalue weighted by Crippen LogP contribution is 2.26. The first-order valence-electron chi connectivity index (χ1n) is 6.56. The molecule has 1 heterocycles. The minimum Gasteiger partial charge on any atom is -0.324 e. The molecule has 0 unspecified atom stereocenters. The maximum Gasteiger partial charge on any atom is 0.0660 e. The lowest BCUT2D eigenvalue weighted by molar-refractivity contribution is 0.803. The third-order valence-electron chi connectivity index (χ3n) is 3.51. The molecule has 0 saturated heterocycles. The van der Waals surface area contributed by atoms with Gasteiger partial charge in [0.05, 0.1) is 11.4 Å². The Balaban J connectivity index is 2.51. The Hall–Kier alpha value is -1.13. The van der Waals surface area contributed by atoms with Crippen molar-refractivity contribution in [3.8, 4) is 5.69 Å². The molecule has 1 atom stereocenters. The largest absolute Gasteiger partial charge is 0.324 e. The first kappa shape index (κ1) is 14.3. The SMILES string of the molecule is CCc1c(C)nn(-c2ccc([C@H](C)N)c(Br)c2)c1C. The molecule has 0 radical (unpaired) electrons.